The molecule has 0 aliphatic rings. The average Bonchev–Trinajstić information content (AvgIpc) is 2.40. The Morgan fingerprint density at radius 2 is 1.74 bits per heavy atom. The third-order valence-electron chi connectivity index (χ3n) is 2.69. The molecule has 0 bridgehead atoms. The number of benzene rings is 1. The lowest BCUT2D eigenvalue weighted by molar-refractivity contribution is -0.134. The Morgan fingerprint density at radius 3 is 2.32 bits per heavy atom. The number of amides is 1. The first kappa shape index (κ1) is 14.8. The fourth-order valence-electron chi connectivity index (χ4n) is 1.47. The summed E-state index contributed by atoms with van der Waals surface area (Å²) in [4.78, 5) is 22.4. The number of methoxy groups -OCH3 is 2. The summed E-state index contributed by atoms with van der Waals surface area (Å²) >= 11 is 0. The molecule has 0 aliphatic carbocycles. The van der Waals surface area contributed by atoms with Gasteiger partial charge in [0.05, 0.1) is 19.9 Å². The summed E-state index contributed by atoms with van der Waals surface area (Å²) in [6, 6.07) is 3.70. The predicted octanol–water partition coefficient (Wildman–Crippen LogP) is 2.67. The van der Waals surface area contributed by atoms with Gasteiger partial charge in [-0.3, -0.25) is 5.32 Å². The topological polar surface area (TPSA) is 64.6 Å². The number of esters is 1. The maximum absolute atomic E-state index is 11.3. The number of rotatable bonds is 3. The van der Waals surface area contributed by atoms with E-state index in [1.165, 1.54) is 20.3 Å². The number of aryl methyl sites for hydroxylation is 2. The number of carbonyl (C=O) groups is 2. The molecule has 1 rings (SSSR count). The molecule has 0 heterocycles. The largest absolute Gasteiger partial charge is 0.466 e. The first-order chi connectivity index (χ1) is 8.97. The molecule has 0 saturated heterocycles. The van der Waals surface area contributed by atoms with E-state index in [4.69, 9.17) is 0 Å². The molecule has 0 atom stereocenters. The summed E-state index contributed by atoms with van der Waals surface area (Å²) in [6.07, 6.45) is 2.33. The van der Waals surface area contributed by atoms with E-state index in [9.17, 15) is 9.59 Å². The van der Waals surface area contributed by atoms with Crippen LogP contribution in [-0.2, 0) is 14.3 Å². The first-order valence-electron chi connectivity index (χ1n) is 5.70. The minimum absolute atomic E-state index is 0.456. The van der Waals surface area contributed by atoms with Crippen LogP contribution in [0.5, 0.6) is 0 Å². The average molecular weight is 263 g/mol. The first-order valence-corrected chi connectivity index (χ1v) is 5.70. The van der Waals surface area contributed by atoms with Gasteiger partial charge in [0, 0.05) is 6.08 Å². The lowest BCUT2D eigenvalue weighted by Crippen LogP contribution is -2.12. The molecule has 1 aromatic rings. The smallest absolute Gasteiger partial charge is 0.411 e. The van der Waals surface area contributed by atoms with Gasteiger partial charge in [-0.15, -0.1) is 0 Å². The van der Waals surface area contributed by atoms with E-state index in [1.54, 1.807) is 6.08 Å². The molecule has 0 fully saturated rings. The maximum atomic E-state index is 11.3. The summed E-state index contributed by atoms with van der Waals surface area (Å²) in [5.41, 5.74) is 3.37. The van der Waals surface area contributed by atoms with Gasteiger partial charge in [-0.25, -0.2) is 9.59 Å². The third-order valence-corrected chi connectivity index (χ3v) is 2.69. The molecule has 5 nitrogen and oxygen atoms in total. The summed E-state index contributed by atoms with van der Waals surface area (Å²) in [6.45, 7) is 3.89. The second-order valence-electron chi connectivity index (χ2n) is 4.00. The van der Waals surface area contributed by atoms with Crippen LogP contribution in [0.25, 0.3) is 6.08 Å². The number of anilines is 1. The summed E-state index contributed by atoms with van der Waals surface area (Å²) in [7, 11) is 2.60. The molecule has 0 saturated carbocycles. The third kappa shape index (κ3) is 4.13. The zero-order valence-electron chi connectivity index (χ0n) is 11.4. The molecule has 0 aromatic heterocycles. The number of ether oxygens (including phenoxy) is 2. The van der Waals surface area contributed by atoms with Crippen LogP contribution in [0.15, 0.2) is 18.2 Å². The van der Waals surface area contributed by atoms with Gasteiger partial charge in [-0.2, -0.15) is 0 Å². The van der Waals surface area contributed by atoms with Crippen molar-refractivity contribution in [3.8, 4) is 0 Å². The van der Waals surface area contributed by atoms with Crippen LogP contribution in [0.1, 0.15) is 16.7 Å². The predicted molar refractivity (Wildman–Crippen MR) is 73.0 cm³/mol. The van der Waals surface area contributed by atoms with Crippen LogP contribution in [0.4, 0.5) is 10.5 Å². The summed E-state index contributed by atoms with van der Waals surface area (Å²) in [5.74, 6) is -0.456. The van der Waals surface area contributed by atoms with Crippen LogP contribution in [0, 0.1) is 13.8 Å². The molecule has 5 heteroatoms. The van der Waals surface area contributed by atoms with Crippen molar-refractivity contribution >= 4 is 23.8 Å². The molecule has 102 valence electrons. The Kier molecular flexibility index (Phi) is 5.11. The van der Waals surface area contributed by atoms with Gasteiger partial charge in [0.15, 0.2) is 0 Å². The number of hydrogen-bond acceptors (Lipinski definition) is 4. The fraction of sp³-hybridized carbons (Fsp3) is 0.286. The van der Waals surface area contributed by atoms with Crippen LogP contribution in [-0.4, -0.2) is 26.3 Å². The molecule has 0 spiro atoms. The number of nitrogens with one attached hydrogen (secondary N) is 1. The maximum Gasteiger partial charge on any atom is 0.411 e. The lowest BCUT2D eigenvalue weighted by Gasteiger charge is -2.11. The van der Waals surface area contributed by atoms with E-state index in [-0.39, 0.29) is 0 Å². The van der Waals surface area contributed by atoms with Gasteiger partial charge in [0.2, 0.25) is 0 Å². The van der Waals surface area contributed by atoms with Gasteiger partial charge in [0.25, 0.3) is 0 Å². The molecule has 0 aliphatic heterocycles. The highest BCUT2D eigenvalue weighted by Crippen LogP contribution is 2.22. The summed E-state index contributed by atoms with van der Waals surface area (Å²) < 4.78 is 9.09. The van der Waals surface area contributed by atoms with Gasteiger partial charge in [-0.05, 0) is 48.7 Å². The Bertz CT molecular complexity index is 520. The Labute approximate surface area is 112 Å². The second kappa shape index (κ2) is 6.58. The van der Waals surface area contributed by atoms with E-state index in [0.29, 0.717) is 11.3 Å². The van der Waals surface area contributed by atoms with Crippen LogP contribution in [0.3, 0.4) is 0 Å². The van der Waals surface area contributed by atoms with Crippen molar-refractivity contribution in [3.05, 3.63) is 34.9 Å². The van der Waals surface area contributed by atoms with Crippen LogP contribution in [0.2, 0.25) is 0 Å². The van der Waals surface area contributed by atoms with E-state index >= 15 is 0 Å². The Hall–Kier alpha value is -2.30. The van der Waals surface area contributed by atoms with Crippen LogP contribution >= 0.6 is 0 Å². The molecule has 0 unspecified atom stereocenters. The van der Waals surface area contributed by atoms with Gasteiger partial charge >= 0.3 is 12.1 Å². The summed E-state index contributed by atoms with van der Waals surface area (Å²) in [5, 5.41) is 2.61. The highest BCUT2D eigenvalue weighted by Gasteiger charge is 2.07. The van der Waals surface area contributed by atoms with Crippen molar-refractivity contribution in [2.75, 3.05) is 19.5 Å². The number of hydrogen-bond donors (Lipinski definition) is 1. The zero-order chi connectivity index (χ0) is 14.4. The molecule has 1 N–H and O–H groups in total. The Balaban J connectivity index is 3.12. The normalized spacial score (nSPS) is 10.3. The van der Waals surface area contributed by atoms with Crippen LogP contribution < -0.4 is 5.32 Å². The highest BCUT2D eigenvalue weighted by atomic mass is 16.5. The fourth-order valence-corrected chi connectivity index (χ4v) is 1.47. The van der Waals surface area contributed by atoms with E-state index in [1.807, 2.05) is 26.0 Å². The minimum Gasteiger partial charge on any atom is -0.466 e. The monoisotopic (exact) mass is 263 g/mol. The quantitative estimate of drug-likeness (QED) is 0.672. The highest BCUT2D eigenvalue weighted by molar-refractivity contribution is 5.92. The van der Waals surface area contributed by atoms with Crippen molar-refractivity contribution in [1.82, 2.24) is 0 Å². The van der Waals surface area contributed by atoms with Gasteiger partial charge in [-0.1, -0.05) is 0 Å². The molecule has 0 radical (unpaired) electrons. The zero-order valence-corrected chi connectivity index (χ0v) is 11.4. The SMILES string of the molecule is COC(=O)/C=C/c1cc(C)c(C)cc1NC(=O)OC. The molecule has 1 amide bonds. The molecular formula is C14H17NO4. The lowest BCUT2D eigenvalue weighted by atomic mass is 10.0. The van der Waals surface area contributed by atoms with Crippen molar-refractivity contribution in [2.24, 2.45) is 0 Å². The van der Waals surface area contributed by atoms with Crippen molar-refractivity contribution in [3.63, 3.8) is 0 Å². The molecular weight excluding hydrogens is 246 g/mol. The van der Waals surface area contributed by atoms with Crippen molar-refractivity contribution < 1.29 is 19.1 Å². The Morgan fingerprint density at radius 1 is 1.11 bits per heavy atom. The minimum atomic E-state index is -0.559. The second-order valence-corrected chi connectivity index (χ2v) is 4.00. The van der Waals surface area contributed by atoms with Crippen molar-refractivity contribution in [1.29, 1.82) is 0 Å². The van der Waals surface area contributed by atoms with E-state index < -0.39 is 12.1 Å². The van der Waals surface area contributed by atoms with Crippen molar-refractivity contribution in [2.45, 2.75) is 13.8 Å². The van der Waals surface area contributed by atoms with E-state index in [0.717, 1.165) is 11.1 Å². The molecule has 1 aromatic carbocycles. The van der Waals surface area contributed by atoms with E-state index in [2.05, 4.69) is 14.8 Å². The van der Waals surface area contributed by atoms with Gasteiger partial charge in [0.1, 0.15) is 0 Å². The van der Waals surface area contributed by atoms with Gasteiger partial charge < -0.3 is 9.47 Å². The molecule has 19 heavy (non-hydrogen) atoms. The standard InChI is InChI=1S/C14H17NO4/c1-9-7-11(5-6-13(16)18-3)12(8-10(9)2)15-14(17)19-4/h5-8H,1-4H3,(H,15,17)/b6-5+. The number of carbonyl (C=O) groups excluding carboxylic acids is 2.